The lowest BCUT2D eigenvalue weighted by atomic mass is 10.1. The number of anilines is 3. The standard InChI is InChI=1S/C20H21F2N7O2/c1-26-19(31)29-6-2-14(11-16(29)25-26)28-9-5-23-15-10-13(12-24-17(15)28)18(30)27-7-3-20(21,22)4-8-27/h2,6,10-12,23H,3-5,7-9H2,1H3. The topological polar surface area (TPSA) is 87.8 Å². The van der Waals surface area contributed by atoms with Gasteiger partial charge >= 0.3 is 5.69 Å². The van der Waals surface area contributed by atoms with Crippen molar-refractivity contribution in [1.29, 1.82) is 0 Å². The number of hydrogen-bond acceptors (Lipinski definition) is 6. The predicted molar refractivity (Wildman–Crippen MR) is 110 cm³/mol. The Bertz CT molecular complexity index is 1230. The minimum absolute atomic E-state index is 0.0337. The molecule has 2 aliphatic rings. The van der Waals surface area contributed by atoms with Gasteiger partial charge in [0.2, 0.25) is 0 Å². The molecule has 0 aromatic carbocycles. The Morgan fingerprint density at radius 1 is 1.19 bits per heavy atom. The monoisotopic (exact) mass is 429 g/mol. The number of nitrogens with zero attached hydrogens (tertiary/aromatic N) is 6. The highest BCUT2D eigenvalue weighted by Gasteiger charge is 2.36. The van der Waals surface area contributed by atoms with E-state index in [1.807, 2.05) is 17.0 Å². The molecule has 1 amide bonds. The predicted octanol–water partition coefficient (Wildman–Crippen LogP) is 1.86. The molecular formula is C20H21F2N7O2. The largest absolute Gasteiger partial charge is 0.380 e. The molecule has 0 radical (unpaired) electrons. The van der Waals surface area contributed by atoms with Crippen LogP contribution in [0.15, 0.2) is 35.4 Å². The van der Waals surface area contributed by atoms with E-state index >= 15 is 0 Å². The number of halogens is 2. The third-order valence-electron chi connectivity index (χ3n) is 5.77. The molecule has 0 bridgehead atoms. The van der Waals surface area contributed by atoms with E-state index in [4.69, 9.17) is 0 Å². The van der Waals surface area contributed by atoms with Gasteiger partial charge in [-0.25, -0.2) is 23.2 Å². The minimum atomic E-state index is -2.70. The minimum Gasteiger partial charge on any atom is -0.380 e. The van der Waals surface area contributed by atoms with Crippen LogP contribution < -0.4 is 15.9 Å². The molecule has 2 aliphatic heterocycles. The molecule has 3 aromatic rings. The third-order valence-corrected chi connectivity index (χ3v) is 5.77. The highest BCUT2D eigenvalue weighted by Crippen LogP contribution is 2.34. The summed E-state index contributed by atoms with van der Waals surface area (Å²) in [6.45, 7) is 1.34. The van der Waals surface area contributed by atoms with Crippen LogP contribution >= 0.6 is 0 Å². The van der Waals surface area contributed by atoms with Crippen molar-refractivity contribution in [3.63, 3.8) is 0 Å². The Kier molecular flexibility index (Phi) is 4.42. The fraction of sp³-hybridized carbons (Fsp3) is 0.400. The first-order valence-corrected chi connectivity index (χ1v) is 10.1. The van der Waals surface area contributed by atoms with Gasteiger partial charge in [-0.15, -0.1) is 0 Å². The quantitative estimate of drug-likeness (QED) is 0.669. The average Bonchev–Trinajstić information content (AvgIpc) is 3.05. The van der Waals surface area contributed by atoms with Crippen LogP contribution in [0, 0.1) is 0 Å². The zero-order valence-electron chi connectivity index (χ0n) is 16.9. The van der Waals surface area contributed by atoms with Crippen LogP contribution in [0.25, 0.3) is 5.65 Å². The van der Waals surface area contributed by atoms with Crippen molar-refractivity contribution < 1.29 is 13.6 Å². The highest BCUT2D eigenvalue weighted by molar-refractivity contribution is 5.96. The first-order chi connectivity index (χ1) is 14.8. The van der Waals surface area contributed by atoms with Gasteiger partial charge in [-0.05, 0) is 12.1 Å². The van der Waals surface area contributed by atoms with Crippen molar-refractivity contribution >= 4 is 28.7 Å². The summed E-state index contributed by atoms with van der Waals surface area (Å²) in [5, 5.41) is 7.48. The number of fused-ring (bicyclic) bond motifs is 2. The fourth-order valence-corrected chi connectivity index (χ4v) is 4.04. The first kappa shape index (κ1) is 19.5. The van der Waals surface area contributed by atoms with Gasteiger partial charge in [0.1, 0.15) is 0 Å². The van der Waals surface area contributed by atoms with Crippen LogP contribution in [-0.2, 0) is 7.05 Å². The number of likely N-dealkylation sites (tertiary alicyclic amines) is 1. The Labute approximate surface area is 175 Å². The van der Waals surface area contributed by atoms with E-state index in [0.717, 1.165) is 5.69 Å². The van der Waals surface area contributed by atoms with E-state index in [1.54, 1.807) is 19.3 Å². The van der Waals surface area contributed by atoms with Gasteiger partial charge in [0, 0.05) is 70.2 Å². The van der Waals surface area contributed by atoms with Gasteiger partial charge in [-0.2, -0.15) is 5.10 Å². The molecule has 0 spiro atoms. The Balaban J connectivity index is 1.43. The normalized spacial score (nSPS) is 18.0. The fourth-order valence-electron chi connectivity index (χ4n) is 4.04. The Morgan fingerprint density at radius 2 is 1.97 bits per heavy atom. The molecule has 1 saturated heterocycles. The van der Waals surface area contributed by atoms with Crippen molar-refractivity contribution in [3.8, 4) is 0 Å². The van der Waals surface area contributed by atoms with Crippen molar-refractivity contribution in [1.82, 2.24) is 24.1 Å². The number of aromatic nitrogens is 4. The summed E-state index contributed by atoms with van der Waals surface area (Å²) < 4.78 is 29.5. The van der Waals surface area contributed by atoms with Gasteiger partial charge in [0.05, 0.1) is 11.3 Å². The summed E-state index contributed by atoms with van der Waals surface area (Å²) >= 11 is 0. The van der Waals surface area contributed by atoms with Gasteiger partial charge in [-0.1, -0.05) is 0 Å². The molecule has 31 heavy (non-hydrogen) atoms. The number of aryl methyl sites for hydroxylation is 1. The number of hydrogen-bond donors (Lipinski definition) is 1. The lowest BCUT2D eigenvalue weighted by molar-refractivity contribution is -0.0494. The average molecular weight is 429 g/mol. The maximum absolute atomic E-state index is 13.4. The Hall–Kier alpha value is -3.50. The van der Waals surface area contributed by atoms with Crippen LogP contribution in [0.5, 0.6) is 0 Å². The van der Waals surface area contributed by atoms with E-state index in [2.05, 4.69) is 15.4 Å². The molecule has 3 aromatic heterocycles. The lowest BCUT2D eigenvalue weighted by Crippen LogP contribution is -2.42. The van der Waals surface area contributed by atoms with Crippen molar-refractivity contribution in [2.75, 3.05) is 36.4 Å². The summed E-state index contributed by atoms with van der Waals surface area (Å²) in [7, 11) is 1.60. The molecule has 5 rings (SSSR count). The number of rotatable bonds is 2. The molecule has 1 fully saturated rings. The third kappa shape index (κ3) is 3.39. The van der Waals surface area contributed by atoms with Crippen LogP contribution in [0.2, 0.25) is 0 Å². The molecule has 0 atom stereocenters. The molecule has 162 valence electrons. The second-order valence-electron chi connectivity index (χ2n) is 7.84. The van der Waals surface area contributed by atoms with Gasteiger partial charge in [-0.3, -0.25) is 9.20 Å². The number of amides is 1. The molecule has 0 unspecified atom stereocenters. The second-order valence-corrected chi connectivity index (χ2v) is 7.84. The van der Waals surface area contributed by atoms with E-state index in [0.29, 0.717) is 35.8 Å². The second kappa shape index (κ2) is 7.03. The molecule has 5 heterocycles. The Morgan fingerprint density at radius 3 is 2.74 bits per heavy atom. The number of piperidine rings is 1. The SMILES string of the molecule is Cn1nc2cc(N3CCNc4cc(C(=O)N5CCC(F)(F)CC5)cnc43)ccn2c1=O. The number of carbonyl (C=O) groups is 1. The summed E-state index contributed by atoms with van der Waals surface area (Å²) in [5.41, 5.74) is 2.19. The van der Waals surface area contributed by atoms with Crippen molar-refractivity contribution in [3.05, 3.63) is 46.6 Å². The van der Waals surface area contributed by atoms with E-state index < -0.39 is 5.92 Å². The number of nitrogens with one attached hydrogen (secondary N) is 1. The molecule has 9 nitrogen and oxygen atoms in total. The number of alkyl halides is 2. The van der Waals surface area contributed by atoms with E-state index in [-0.39, 0.29) is 37.5 Å². The van der Waals surface area contributed by atoms with Crippen LogP contribution in [0.1, 0.15) is 23.2 Å². The smallest absolute Gasteiger partial charge is 0.350 e. The maximum atomic E-state index is 13.4. The summed E-state index contributed by atoms with van der Waals surface area (Å²) in [6.07, 6.45) is 2.52. The van der Waals surface area contributed by atoms with Crippen molar-refractivity contribution in [2.24, 2.45) is 7.05 Å². The molecule has 1 N–H and O–H groups in total. The number of carbonyl (C=O) groups excluding carboxylic acids is 1. The highest BCUT2D eigenvalue weighted by atomic mass is 19.3. The number of pyridine rings is 2. The maximum Gasteiger partial charge on any atom is 0.350 e. The van der Waals surface area contributed by atoms with Crippen LogP contribution in [-0.4, -0.2) is 62.1 Å². The first-order valence-electron chi connectivity index (χ1n) is 10.1. The molecule has 11 heteroatoms. The van der Waals surface area contributed by atoms with Crippen LogP contribution in [0.3, 0.4) is 0 Å². The van der Waals surface area contributed by atoms with E-state index in [1.165, 1.54) is 20.2 Å². The summed E-state index contributed by atoms with van der Waals surface area (Å²) in [5.74, 6) is -2.35. The van der Waals surface area contributed by atoms with Crippen LogP contribution in [0.4, 0.5) is 26.0 Å². The van der Waals surface area contributed by atoms with Gasteiger partial charge in [0.25, 0.3) is 11.8 Å². The summed E-state index contributed by atoms with van der Waals surface area (Å²) in [4.78, 5) is 32.8. The molecule has 0 saturated carbocycles. The lowest BCUT2D eigenvalue weighted by Gasteiger charge is -2.33. The van der Waals surface area contributed by atoms with Gasteiger partial charge < -0.3 is 15.1 Å². The summed E-state index contributed by atoms with van der Waals surface area (Å²) in [6, 6.07) is 5.35. The zero-order chi connectivity index (χ0) is 21.8. The van der Waals surface area contributed by atoms with E-state index in [9.17, 15) is 18.4 Å². The molecular weight excluding hydrogens is 408 g/mol. The van der Waals surface area contributed by atoms with Crippen molar-refractivity contribution in [2.45, 2.75) is 18.8 Å². The zero-order valence-corrected chi connectivity index (χ0v) is 16.9. The molecule has 0 aliphatic carbocycles. The van der Waals surface area contributed by atoms with Gasteiger partial charge in [0.15, 0.2) is 11.5 Å².